The molecule has 0 amide bonds. The summed E-state index contributed by atoms with van der Waals surface area (Å²) in [6.45, 7) is 3.72. The lowest BCUT2D eigenvalue weighted by Crippen LogP contribution is -2.25. The van der Waals surface area contributed by atoms with Gasteiger partial charge in [-0.1, -0.05) is 18.2 Å². The molecule has 3 rings (SSSR count). The van der Waals surface area contributed by atoms with Gasteiger partial charge in [-0.15, -0.1) is 6.58 Å². The normalized spacial score (nSPS) is 14.3. The summed E-state index contributed by atoms with van der Waals surface area (Å²) in [6, 6.07) is 14.9. The third-order valence-corrected chi connectivity index (χ3v) is 5.54. The Morgan fingerprint density at radius 3 is 2.47 bits per heavy atom. The first-order valence-corrected chi connectivity index (χ1v) is 10.6. The maximum atomic E-state index is 13.8. The Labute approximate surface area is 196 Å². The predicted molar refractivity (Wildman–Crippen MR) is 127 cm³/mol. The van der Waals surface area contributed by atoms with Crippen molar-refractivity contribution < 1.29 is 24.6 Å². The summed E-state index contributed by atoms with van der Waals surface area (Å²) in [5, 5.41) is 41.9. The van der Waals surface area contributed by atoms with E-state index in [2.05, 4.69) is 11.6 Å². The van der Waals surface area contributed by atoms with E-state index in [1.165, 1.54) is 42.5 Å². The quantitative estimate of drug-likeness (QED) is 0.220. The predicted octanol–water partition coefficient (Wildman–Crippen LogP) is 5.05. The van der Waals surface area contributed by atoms with Crippen LogP contribution in [0.3, 0.4) is 0 Å². The molecule has 3 atom stereocenters. The maximum Gasteiger partial charge on any atom is 0.269 e. The van der Waals surface area contributed by atoms with Crippen LogP contribution in [0.15, 0.2) is 79.5 Å². The van der Waals surface area contributed by atoms with Gasteiger partial charge in [0, 0.05) is 24.2 Å². The summed E-state index contributed by atoms with van der Waals surface area (Å²) in [6.07, 6.45) is 3.32. The zero-order chi connectivity index (χ0) is 24.7. The van der Waals surface area contributed by atoms with Gasteiger partial charge in [0.15, 0.2) is 11.6 Å². The largest absolute Gasteiger partial charge is 0.505 e. The fraction of sp³-hybridized carbons (Fsp3) is 0.192. The van der Waals surface area contributed by atoms with Gasteiger partial charge in [-0.3, -0.25) is 15.1 Å². The number of hydrogen-bond acceptors (Lipinski definition) is 6. The van der Waals surface area contributed by atoms with Crippen LogP contribution in [0.25, 0.3) is 11.6 Å². The third kappa shape index (κ3) is 6.12. The van der Waals surface area contributed by atoms with Crippen molar-refractivity contribution in [3.8, 4) is 5.75 Å². The summed E-state index contributed by atoms with van der Waals surface area (Å²) in [5.41, 5.74) is 2.24. The monoisotopic (exact) mass is 464 g/mol. The average Bonchev–Trinajstić information content (AvgIpc) is 2.84. The maximum absolute atomic E-state index is 13.8. The van der Waals surface area contributed by atoms with Gasteiger partial charge < -0.3 is 15.3 Å². The van der Waals surface area contributed by atoms with Crippen LogP contribution in [0.1, 0.15) is 35.8 Å². The Morgan fingerprint density at radius 2 is 1.88 bits per heavy atom. The van der Waals surface area contributed by atoms with Crippen molar-refractivity contribution in [2.75, 3.05) is 0 Å². The summed E-state index contributed by atoms with van der Waals surface area (Å²) in [5.74, 6) is -1.91. The molecule has 0 fully saturated rings. The molecular weight excluding hydrogens is 439 g/mol. The lowest BCUT2D eigenvalue weighted by Gasteiger charge is -2.25. The van der Waals surface area contributed by atoms with Gasteiger partial charge in [0.25, 0.3) is 5.69 Å². The number of nitrogens with zero attached hydrogens (tertiary/aromatic N) is 2. The second-order valence-corrected chi connectivity index (χ2v) is 7.81. The number of nitro benzene ring substituents is 1. The van der Waals surface area contributed by atoms with E-state index in [0.717, 1.165) is 5.57 Å². The van der Waals surface area contributed by atoms with Gasteiger partial charge in [0.2, 0.25) is 0 Å². The van der Waals surface area contributed by atoms with E-state index in [1.54, 1.807) is 30.5 Å². The Hall–Kier alpha value is -3.88. The highest BCUT2D eigenvalue weighted by atomic mass is 19.1. The highest BCUT2D eigenvalue weighted by Crippen LogP contribution is 2.31. The van der Waals surface area contributed by atoms with Crippen molar-refractivity contribution in [3.63, 3.8) is 0 Å². The number of nitro groups is 1. The van der Waals surface area contributed by atoms with Crippen LogP contribution in [0.2, 0.25) is 0 Å². The van der Waals surface area contributed by atoms with Crippen LogP contribution in [-0.4, -0.2) is 31.3 Å². The van der Waals surface area contributed by atoms with Crippen molar-refractivity contribution in [1.82, 2.24) is 4.98 Å². The molecule has 0 aliphatic carbocycles. The molecule has 1 heterocycles. The lowest BCUT2D eigenvalue weighted by atomic mass is 9.87. The number of rotatable bonds is 10. The molecular formula is C26H25FN2O5. The molecule has 0 bridgehead atoms. The zero-order valence-electron chi connectivity index (χ0n) is 18.3. The molecule has 0 unspecified atom stereocenters. The number of aromatic hydroxyl groups is 1. The number of phenolic OH excluding ortho intramolecular Hbond substituents is 1. The van der Waals surface area contributed by atoms with Crippen LogP contribution in [-0.2, 0) is 0 Å². The molecule has 0 saturated heterocycles. The van der Waals surface area contributed by atoms with Gasteiger partial charge in [0.05, 0.1) is 22.8 Å². The van der Waals surface area contributed by atoms with E-state index in [-0.39, 0.29) is 12.1 Å². The molecule has 34 heavy (non-hydrogen) atoms. The Balaban J connectivity index is 1.79. The average molecular weight is 464 g/mol. The molecule has 0 radical (unpaired) electrons. The Morgan fingerprint density at radius 1 is 1.15 bits per heavy atom. The minimum Gasteiger partial charge on any atom is -0.505 e. The van der Waals surface area contributed by atoms with Crippen LogP contribution < -0.4 is 0 Å². The molecule has 0 saturated carbocycles. The highest BCUT2D eigenvalue weighted by molar-refractivity contribution is 5.80. The minimum absolute atomic E-state index is 0.0949. The van der Waals surface area contributed by atoms with E-state index in [9.17, 15) is 29.8 Å². The van der Waals surface area contributed by atoms with Crippen molar-refractivity contribution in [2.24, 2.45) is 5.92 Å². The zero-order valence-corrected chi connectivity index (χ0v) is 18.3. The van der Waals surface area contributed by atoms with E-state index < -0.39 is 34.6 Å². The van der Waals surface area contributed by atoms with Gasteiger partial charge in [0.1, 0.15) is 0 Å². The molecule has 8 heteroatoms. The first kappa shape index (κ1) is 24.8. The Kier molecular flexibility index (Phi) is 8.24. The fourth-order valence-electron chi connectivity index (χ4n) is 3.65. The topological polar surface area (TPSA) is 117 Å². The van der Waals surface area contributed by atoms with Crippen molar-refractivity contribution in [3.05, 3.63) is 112 Å². The summed E-state index contributed by atoms with van der Waals surface area (Å²) in [7, 11) is 0. The number of hydrogen-bond donors (Lipinski definition) is 3. The SMILES string of the molecule is C=C[C@H]([C@H](O)CC/C(=C/c1ccc(O)c(F)c1)c1ccccn1)[C@H](O)c1ccc([N+](=O)[O-])cc1. The second kappa shape index (κ2) is 11.3. The number of aliphatic hydroxyl groups excluding tert-OH is 2. The summed E-state index contributed by atoms with van der Waals surface area (Å²) in [4.78, 5) is 14.7. The number of allylic oxidation sites excluding steroid dienone is 1. The van der Waals surface area contributed by atoms with Crippen LogP contribution >= 0.6 is 0 Å². The number of halogens is 1. The number of phenols is 1. The van der Waals surface area contributed by atoms with E-state index in [1.807, 2.05) is 6.07 Å². The summed E-state index contributed by atoms with van der Waals surface area (Å²) >= 11 is 0. The number of pyridine rings is 1. The van der Waals surface area contributed by atoms with Gasteiger partial charge in [-0.05, 0) is 72.0 Å². The molecule has 2 aromatic carbocycles. The minimum atomic E-state index is -1.11. The first-order valence-electron chi connectivity index (χ1n) is 10.6. The van der Waals surface area contributed by atoms with Crippen LogP contribution in [0.4, 0.5) is 10.1 Å². The van der Waals surface area contributed by atoms with E-state index >= 15 is 0 Å². The molecule has 0 aliphatic heterocycles. The highest BCUT2D eigenvalue weighted by Gasteiger charge is 2.26. The standard InChI is InChI=1S/C26H25FN2O5/c1-2-21(26(32)18-7-10-20(11-8-18)29(33)34)24(30)13-9-19(23-5-3-4-14-28-23)15-17-6-12-25(31)22(27)16-17/h2-8,10-12,14-16,21,24,26,30-32H,1,9,13H2/b19-15-/t21-,24-,26-/m1/s1. The second-order valence-electron chi connectivity index (χ2n) is 7.81. The lowest BCUT2D eigenvalue weighted by molar-refractivity contribution is -0.384. The van der Waals surface area contributed by atoms with Crippen LogP contribution in [0.5, 0.6) is 5.75 Å². The third-order valence-electron chi connectivity index (χ3n) is 5.54. The molecule has 3 N–H and O–H groups in total. The van der Waals surface area contributed by atoms with Crippen LogP contribution in [0, 0.1) is 21.8 Å². The van der Waals surface area contributed by atoms with E-state index in [4.69, 9.17) is 0 Å². The van der Waals surface area contributed by atoms with Crippen molar-refractivity contribution >= 4 is 17.3 Å². The molecule has 176 valence electrons. The Bertz CT molecular complexity index is 1170. The van der Waals surface area contributed by atoms with Crippen molar-refractivity contribution in [1.29, 1.82) is 0 Å². The molecule has 3 aromatic rings. The molecule has 0 spiro atoms. The van der Waals surface area contributed by atoms with E-state index in [0.29, 0.717) is 23.2 Å². The number of non-ortho nitro benzene ring substituents is 1. The smallest absolute Gasteiger partial charge is 0.269 e. The summed E-state index contributed by atoms with van der Waals surface area (Å²) < 4.78 is 13.8. The van der Waals surface area contributed by atoms with Gasteiger partial charge in [-0.25, -0.2) is 4.39 Å². The molecule has 7 nitrogen and oxygen atoms in total. The molecule has 1 aromatic heterocycles. The number of benzene rings is 2. The number of aromatic nitrogens is 1. The van der Waals surface area contributed by atoms with Gasteiger partial charge in [-0.2, -0.15) is 0 Å². The first-order chi connectivity index (χ1) is 16.3. The van der Waals surface area contributed by atoms with Crippen molar-refractivity contribution in [2.45, 2.75) is 25.0 Å². The fourth-order valence-corrected chi connectivity index (χ4v) is 3.65. The molecule has 0 aliphatic rings. The van der Waals surface area contributed by atoms with Gasteiger partial charge >= 0.3 is 0 Å². The number of aliphatic hydroxyl groups is 2.